The van der Waals surface area contributed by atoms with E-state index in [2.05, 4.69) is 15.0 Å². The van der Waals surface area contributed by atoms with Crippen LogP contribution in [0.3, 0.4) is 0 Å². The molecule has 7 heteroatoms. The van der Waals surface area contributed by atoms with Gasteiger partial charge in [-0.05, 0) is 24.6 Å². The number of nitrogen functional groups attached to an aromatic ring is 1. The van der Waals surface area contributed by atoms with Crippen molar-refractivity contribution in [1.29, 1.82) is 0 Å². The summed E-state index contributed by atoms with van der Waals surface area (Å²) in [7, 11) is 3.61. The van der Waals surface area contributed by atoms with Gasteiger partial charge >= 0.3 is 6.01 Å². The fraction of sp³-hybridized carbons (Fsp3) is 0.250. The number of rotatable bonds is 3. The average Bonchev–Trinajstić information content (AvgIpc) is 2.32. The molecule has 1 heterocycles. The maximum absolute atomic E-state index is 6.08. The van der Waals surface area contributed by atoms with Crippen LogP contribution in [0.25, 0.3) is 0 Å². The van der Waals surface area contributed by atoms with E-state index >= 15 is 0 Å². The van der Waals surface area contributed by atoms with Gasteiger partial charge in [0.25, 0.3) is 0 Å². The van der Waals surface area contributed by atoms with E-state index in [-0.39, 0.29) is 12.0 Å². The molecule has 0 aliphatic rings. The maximum atomic E-state index is 6.08. The Bertz CT molecular complexity index is 603. The van der Waals surface area contributed by atoms with Gasteiger partial charge in [-0.15, -0.1) is 0 Å². The second-order valence-corrected chi connectivity index (χ2v) is 4.61. The zero-order valence-corrected chi connectivity index (χ0v) is 11.6. The van der Waals surface area contributed by atoms with Crippen molar-refractivity contribution in [2.24, 2.45) is 0 Å². The number of hydrogen-bond donors (Lipinski definition) is 1. The Morgan fingerprint density at radius 2 is 1.95 bits per heavy atom. The summed E-state index contributed by atoms with van der Waals surface area (Å²) in [4.78, 5) is 13.7. The van der Waals surface area contributed by atoms with Crippen LogP contribution in [0.15, 0.2) is 18.2 Å². The fourth-order valence-electron chi connectivity index (χ4n) is 1.39. The van der Waals surface area contributed by atoms with Crippen LogP contribution in [0.1, 0.15) is 5.56 Å². The quantitative estimate of drug-likeness (QED) is 0.929. The van der Waals surface area contributed by atoms with Gasteiger partial charge in [0, 0.05) is 14.1 Å². The van der Waals surface area contributed by atoms with Gasteiger partial charge in [-0.2, -0.15) is 15.0 Å². The van der Waals surface area contributed by atoms with Gasteiger partial charge in [0.15, 0.2) is 0 Å². The first-order chi connectivity index (χ1) is 8.95. The van der Waals surface area contributed by atoms with E-state index in [9.17, 15) is 0 Å². The molecule has 0 amide bonds. The molecule has 100 valence electrons. The lowest BCUT2D eigenvalue weighted by molar-refractivity contribution is 0.441. The Morgan fingerprint density at radius 1 is 1.21 bits per heavy atom. The molecule has 0 atom stereocenters. The number of nitrogens with zero attached hydrogens (tertiary/aromatic N) is 4. The average molecular weight is 280 g/mol. The molecule has 0 aliphatic heterocycles. The Morgan fingerprint density at radius 3 is 2.58 bits per heavy atom. The third-order valence-electron chi connectivity index (χ3n) is 2.31. The molecular formula is C12H14ClN5O. The molecule has 0 saturated heterocycles. The van der Waals surface area contributed by atoms with E-state index in [1.165, 1.54) is 0 Å². The van der Waals surface area contributed by atoms with Crippen LogP contribution < -0.4 is 15.4 Å². The number of hydrogen-bond acceptors (Lipinski definition) is 6. The Labute approximate surface area is 116 Å². The van der Waals surface area contributed by atoms with Crippen molar-refractivity contribution in [3.05, 3.63) is 28.8 Å². The first kappa shape index (κ1) is 13.4. The third kappa shape index (κ3) is 3.23. The van der Waals surface area contributed by atoms with Crippen LogP contribution >= 0.6 is 11.6 Å². The van der Waals surface area contributed by atoms with Gasteiger partial charge in [0.05, 0.1) is 5.02 Å². The Kier molecular flexibility index (Phi) is 3.71. The summed E-state index contributed by atoms with van der Waals surface area (Å²) in [5.74, 6) is 0.991. The molecule has 2 rings (SSSR count). The normalized spacial score (nSPS) is 10.3. The zero-order valence-electron chi connectivity index (χ0n) is 10.9. The summed E-state index contributed by atoms with van der Waals surface area (Å²) in [6, 6.07) is 5.56. The van der Waals surface area contributed by atoms with Crippen molar-refractivity contribution >= 4 is 23.5 Å². The monoisotopic (exact) mass is 279 g/mol. The summed E-state index contributed by atoms with van der Waals surface area (Å²) in [6.07, 6.45) is 0. The number of anilines is 2. The lowest BCUT2D eigenvalue weighted by Crippen LogP contribution is -2.15. The largest absolute Gasteiger partial charge is 0.423 e. The van der Waals surface area contributed by atoms with Gasteiger partial charge < -0.3 is 15.4 Å². The van der Waals surface area contributed by atoms with Crippen molar-refractivity contribution < 1.29 is 4.74 Å². The second kappa shape index (κ2) is 5.27. The van der Waals surface area contributed by atoms with Crippen LogP contribution in [0.5, 0.6) is 11.8 Å². The summed E-state index contributed by atoms with van der Waals surface area (Å²) >= 11 is 6.08. The maximum Gasteiger partial charge on any atom is 0.328 e. The number of aryl methyl sites for hydroxylation is 1. The van der Waals surface area contributed by atoms with Crippen molar-refractivity contribution in [3.63, 3.8) is 0 Å². The summed E-state index contributed by atoms with van der Waals surface area (Å²) < 4.78 is 5.53. The van der Waals surface area contributed by atoms with Gasteiger partial charge in [-0.1, -0.05) is 17.7 Å². The fourth-order valence-corrected chi connectivity index (χ4v) is 1.67. The SMILES string of the molecule is Cc1ccc(Oc2nc(N)nc(N(C)C)n2)c(Cl)c1. The van der Waals surface area contributed by atoms with Crippen molar-refractivity contribution in [1.82, 2.24) is 15.0 Å². The van der Waals surface area contributed by atoms with Gasteiger partial charge in [-0.3, -0.25) is 0 Å². The molecular weight excluding hydrogens is 266 g/mol. The molecule has 19 heavy (non-hydrogen) atoms. The minimum Gasteiger partial charge on any atom is -0.423 e. The van der Waals surface area contributed by atoms with E-state index in [4.69, 9.17) is 22.1 Å². The molecule has 0 spiro atoms. The minimum absolute atomic E-state index is 0.0944. The van der Waals surface area contributed by atoms with E-state index in [1.54, 1.807) is 31.1 Å². The molecule has 6 nitrogen and oxygen atoms in total. The highest BCUT2D eigenvalue weighted by Gasteiger charge is 2.10. The van der Waals surface area contributed by atoms with Crippen LogP contribution in [-0.4, -0.2) is 29.0 Å². The predicted octanol–water partition coefficient (Wildman–Crippen LogP) is 2.27. The number of ether oxygens (including phenoxy) is 1. The molecule has 0 fully saturated rings. The molecule has 2 aromatic rings. The molecule has 0 radical (unpaired) electrons. The number of aromatic nitrogens is 3. The number of halogens is 1. The van der Waals surface area contributed by atoms with E-state index < -0.39 is 0 Å². The second-order valence-electron chi connectivity index (χ2n) is 4.21. The molecule has 1 aromatic carbocycles. The Balaban J connectivity index is 2.32. The van der Waals surface area contributed by atoms with E-state index in [0.717, 1.165) is 5.56 Å². The predicted molar refractivity (Wildman–Crippen MR) is 74.8 cm³/mol. The van der Waals surface area contributed by atoms with Crippen molar-refractivity contribution in [2.45, 2.75) is 6.92 Å². The van der Waals surface area contributed by atoms with Crippen molar-refractivity contribution in [3.8, 4) is 11.8 Å². The van der Waals surface area contributed by atoms with Gasteiger partial charge in [-0.25, -0.2) is 0 Å². The highest BCUT2D eigenvalue weighted by molar-refractivity contribution is 6.32. The lowest BCUT2D eigenvalue weighted by Gasteiger charge is -2.12. The van der Waals surface area contributed by atoms with Crippen LogP contribution in [0.4, 0.5) is 11.9 Å². The molecule has 0 saturated carbocycles. The number of benzene rings is 1. The first-order valence-corrected chi connectivity index (χ1v) is 5.96. The summed E-state index contributed by atoms with van der Waals surface area (Å²) in [5, 5.41) is 0.491. The molecule has 0 aliphatic carbocycles. The smallest absolute Gasteiger partial charge is 0.328 e. The lowest BCUT2D eigenvalue weighted by atomic mass is 10.2. The Hall–Kier alpha value is -2.08. The summed E-state index contributed by atoms with van der Waals surface area (Å²) in [5.41, 5.74) is 6.65. The van der Waals surface area contributed by atoms with E-state index in [0.29, 0.717) is 16.7 Å². The van der Waals surface area contributed by atoms with Gasteiger partial charge in [0.1, 0.15) is 5.75 Å². The minimum atomic E-state index is 0.0944. The number of nitrogens with two attached hydrogens (primary N) is 1. The zero-order chi connectivity index (χ0) is 14.0. The molecule has 1 aromatic heterocycles. The van der Waals surface area contributed by atoms with Crippen LogP contribution in [-0.2, 0) is 0 Å². The van der Waals surface area contributed by atoms with Gasteiger partial charge in [0.2, 0.25) is 11.9 Å². The van der Waals surface area contributed by atoms with Crippen LogP contribution in [0.2, 0.25) is 5.02 Å². The third-order valence-corrected chi connectivity index (χ3v) is 2.60. The standard InChI is InChI=1S/C12H14ClN5O/c1-7-4-5-9(8(13)6-7)19-12-16-10(14)15-11(17-12)18(2)3/h4-6H,1-3H3,(H2,14,15,16,17). The highest BCUT2D eigenvalue weighted by Crippen LogP contribution is 2.28. The van der Waals surface area contributed by atoms with Crippen molar-refractivity contribution in [2.75, 3.05) is 24.7 Å². The first-order valence-electron chi connectivity index (χ1n) is 5.58. The van der Waals surface area contributed by atoms with Crippen LogP contribution in [0, 0.1) is 6.92 Å². The topological polar surface area (TPSA) is 77.2 Å². The highest BCUT2D eigenvalue weighted by atomic mass is 35.5. The molecule has 2 N–H and O–H groups in total. The molecule has 0 unspecified atom stereocenters. The summed E-state index contributed by atoms with van der Waals surface area (Å²) in [6.45, 7) is 1.95. The molecule has 0 bridgehead atoms. The van der Waals surface area contributed by atoms with E-state index in [1.807, 2.05) is 13.0 Å².